The van der Waals surface area contributed by atoms with Gasteiger partial charge in [-0.3, -0.25) is 4.68 Å². The highest BCUT2D eigenvalue weighted by Crippen LogP contribution is 2.24. The Morgan fingerprint density at radius 3 is 2.80 bits per heavy atom. The number of rotatable bonds is 6. The van der Waals surface area contributed by atoms with Crippen LogP contribution in [0.2, 0.25) is 0 Å². The first-order valence-corrected chi connectivity index (χ1v) is 7.52. The van der Waals surface area contributed by atoms with E-state index in [0.29, 0.717) is 12.4 Å². The van der Waals surface area contributed by atoms with Crippen molar-refractivity contribution in [2.24, 2.45) is 7.05 Å². The lowest BCUT2D eigenvalue weighted by Crippen LogP contribution is -2.10. The van der Waals surface area contributed by atoms with Crippen molar-refractivity contribution < 1.29 is 4.74 Å². The summed E-state index contributed by atoms with van der Waals surface area (Å²) in [4.78, 5) is 9.20. The van der Waals surface area contributed by atoms with Gasteiger partial charge in [-0.15, -0.1) is 0 Å². The lowest BCUT2D eigenvalue weighted by atomic mass is 10.3. The molecule has 0 radical (unpaired) electrons. The van der Waals surface area contributed by atoms with E-state index in [9.17, 15) is 0 Å². The highest BCUT2D eigenvalue weighted by atomic mass is 127. The second-order valence-corrected chi connectivity index (χ2v) is 5.44. The van der Waals surface area contributed by atoms with Crippen molar-refractivity contribution in [3.8, 4) is 11.5 Å². The number of nitrogens with one attached hydrogen (secondary N) is 1. The Kier molecular flexibility index (Phi) is 5.30. The molecule has 2 rings (SSSR count). The topological polar surface area (TPSA) is 64.9 Å². The van der Waals surface area contributed by atoms with Gasteiger partial charge in [0.25, 0.3) is 0 Å². The van der Waals surface area contributed by atoms with Gasteiger partial charge in [0.1, 0.15) is 11.5 Å². The van der Waals surface area contributed by atoms with Crippen LogP contribution in [0, 0.1) is 3.57 Å². The minimum absolute atomic E-state index is 0.465. The normalized spacial score (nSPS) is 10.8. The summed E-state index contributed by atoms with van der Waals surface area (Å²) in [6.45, 7) is 3.47. The summed E-state index contributed by atoms with van der Waals surface area (Å²) in [5, 5.41) is 7.51. The number of aromatic nitrogens is 4. The molecular formula is C13H18IN5O. The summed E-state index contributed by atoms with van der Waals surface area (Å²) in [5.41, 5.74) is 1.77. The Bertz CT molecular complexity index is 584. The summed E-state index contributed by atoms with van der Waals surface area (Å²) in [6.07, 6.45) is 2.78. The molecule has 0 bridgehead atoms. The van der Waals surface area contributed by atoms with Gasteiger partial charge in [-0.25, -0.2) is 9.97 Å². The number of halogens is 1. The SMILES string of the molecule is CCCNc1nc(-c2ccnn2C)nc(COC)c1I. The predicted octanol–water partition coefficient (Wildman–Crippen LogP) is 2.45. The molecule has 0 aliphatic carbocycles. The average Bonchev–Trinajstić information content (AvgIpc) is 2.86. The van der Waals surface area contributed by atoms with Gasteiger partial charge in [0, 0.05) is 26.9 Å². The highest BCUT2D eigenvalue weighted by molar-refractivity contribution is 14.1. The second-order valence-electron chi connectivity index (χ2n) is 4.36. The molecule has 0 unspecified atom stereocenters. The molecular weight excluding hydrogens is 369 g/mol. The monoisotopic (exact) mass is 387 g/mol. The van der Waals surface area contributed by atoms with Crippen LogP contribution in [-0.4, -0.2) is 33.4 Å². The number of anilines is 1. The number of ether oxygens (including phenoxy) is 1. The van der Waals surface area contributed by atoms with Crippen molar-refractivity contribution in [3.05, 3.63) is 21.5 Å². The van der Waals surface area contributed by atoms with Crippen LogP contribution in [0.15, 0.2) is 12.3 Å². The van der Waals surface area contributed by atoms with E-state index in [-0.39, 0.29) is 0 Å². The predicted molar refractivity (Wildman–Crippen MR) is 86.4 cm³/mol. The Morgan fingerprint density at radius 2 is 2.20 bits per heavy atom. The maximum Gasteiger partial charge on any atom is 0.180 e. The Labute approximate surface area is 132 Å². The standard InChI is InChI=1S/C13H18IN5O/c1-4-6-15-13-11(14)9(8-20-3)17-12(18-13)10-5-7-16-19(10)2/h5,7H,4,6,8H2,1-3H3,(H,15,17,18). The van der Waals surface area contributed by atoms with Gasteiger partial charge >= 0.3 is 0 Å². The number of methoxy groups -OCH3 is 1. The van der Waals surface area contributed by atoms with E-state index < -0.39 is 0 Å². The Balaban J connectivity index is 2.46. The van der Waals surface area contributed by atoms with Crippen LogP contribution in [0.4, 0.5) is 5.82 Å². The Hall–Kier alpha value is -1.22. The lowest BCUT2D eigenvalue weighted by Gasteiger charge is -2.12. The maximum absolute atomic E-state index is 5.23. The number of nitrogens with zero attached hydrogens (tertiary/aromatic N) is 4. The van der Waals surface area contributed by atoms with E-state index in [1.54, 1.807) is 18.0 Å². The van der Waals surface area contributed by atoms with Crippen molar-refractivity contribution in [3.63, 3.8) is 0 Å². The summed E-state index contributed by atoms with van der Waals surface area (Å²) in [6, 6.07) is 1.91. The molecule has 0 amide bonds. The third-order valence-corrected chi connectivity index (χ3v) is 3.93. The van der Waals surface area contributed by atoms with Gasteiger partial charge in [-0.05, 0) is 35.1 Å². The smallest absolute Gasteiger partial charge is 0.180 e. The molecule has 0 saturated heterocycles. The zero-order valence-corrected chi connectivity index (χ0v) is 14.0. The highest BCUT2D eigenvalue weighted by Gasteiger charge is 2.14. The lowest BCUT2D eigenvalue weighted by molar-refractivity contribution is 0.181. The third-order valence-electron chi connectivity index (χ3n) is 2.79. The van der Waals surface area contributed by atoms with Crippen LogP contribution in [0.3, 0.4) is 0 Å². The van der Waals surface area contributed by atoms with Crippen molar-refractivity contribution in [1.82, 2.24) is 19.7 Å². The molecule has 2 aromatic rings. The van der Waals surface area contributed by atoms with Gasteiger partial charge in [0.2, 0.25) is 0 Å². The van der Waals surface area contributed by atoms with Gasteiger partial charge in [-0.1, -0.05) is 6.92 Å². The first kappa shape index (κ1) is 15.2. The van der Waals surface area contributed by atoms with Gasteiger partial charge in [0.15, 0.2) is 5.82 Å². The van der Waals surface area contributed by atoms with Gasteiger partial charge < -0.3 is 10.1 Å². The second kappa shape index (κ2) is 6.98. The molecule has 2 heterocycles. The van der Waals surface area contributed by atoms with Crippen LogP contribution in [-0.2, 0) is 18.4 Å². The Morgan fingerprint density at radius 1 is 1.40 bits per heavy atom. The van der Waals surface area contributed by atoms with E-state index in [1.807, 2.05) is 13.1 Å². The van der Waals surface area contributed by atoms with Gasteiger partial charge in [-0.2, -0.15) is 5.10 Å². The number of hydrogen-bond donors (Lipinski definition) is 1. The van der Waals surface area contributed by atoms with Crippen LogP contribution in [0.5, 0.6) is 0 Å². The molecule has 108 valence electrons. The fourth-order valence-corrected chi connectivity index (χ4v) is 2.38. The number of aryl methyl sites for hydroxylation is 1. The molecule has 2 aromatic heterocycles. The first-order valence-electron chi connectivity index (χ1n) is 6.45. The van der Waals surface area contributed by atoms with Crippen LogP contribution in [0.25, 0.3) is 11.5 Å². The largest absolute Gasteiger partial charge is 0.378 e. The van der Waals surface area contributed by atoms with Crippen LogP contribution in [0.1, 0.15) is 19.0 Å². The van der Waals surface area contributed by atoms with E-state index in [4.69, 9.17) is 4.74 Å². The average molecular weight is 387 g/mol. The summed E-state index contributed by atoms with van der Waals surface area (Å²) < 4.78 is 8.00. The van der Waals surface area contributed by atoms with Crippen molar-refractivity contribution >= 4 is 28.4 Å². The molecule has 7 heteroatoms. The van der Waals surface area contributed by atoms with E-state index >= 15 is 0 Å². The van der Waals surface area contributed by atoms with E-state index in [2.05, 4.69) is 49.9 Å². The fraction of sp³-hybridized carbons (Fsp3) is 0.462. The minimum Gasteiger partial charge on any atom is -0.378 e. The molecule has 20 heavy (non-hydrogen) atoms. The zero-order chi connectivity index (χ0) is 14.5. The molecule has 6 nitrogen and oxygen atoms in total. The molecule has 0 aliphatic heterocycles. The summed E-state index contributed by atoms with van der Waals surface area (Å²) >= 11 is 2.26. The summed E-state index contributed by atoms with van der Waals surface area (Å²) in [5.74, 6) is 1.52. The third kappa shape index (κ3) is 3.26. The van der Waals surface area contributed by atoms with E-state index in [1.165, 1.54) is 0 Å². The zero-order valence-electron chi connectivity index (χ0n) is 11.9. The summed E-state index contributed by atoms with van der Waals surface area (Å²) in [7, 11) is 3.55. The van der Waals surface area contributed by atoms with Crippen LogP contribution >= 0.6 is 22.6 Å². The molecule has 1 N–H and O–H groups in total. The van der Waals surface area contributed by atoms with Crippen LogP contribution < -0.4 is 5.32 Å². The van der Waals surface area contributed by atoms with Crippen molar-refractivity contribution in [2.45, 2.75) is 20.0 Å². The van der Waals surface area contributed by atoms with Crippen molar-refractivity contribution in [1.29, 1.82) is 0 Å². The maximum atomic E-state index is 5.23. The number of hydrogen-bond acceptors (Lipinski definition) is 5. The molecule has 0 spiro atoms. The van der Waals surface area contributed by atoms with Gasteiger partial charge in [0.05, 0.1) is 15.9 Å². The molecule has 0 saturated carbocycles. The first-order chi connectivity index (χ1) is 9.67. The van der Waals surface area contributed by atoms with E-state index in [0.717, 1.165) is 33.7 Å². The minimum atomic E-state index is 0.465. The van der Waals surface area contributed by atoms with Crippen molar-refractivity contribution in [2.75, 3.05) is 19.0 Å². The molecule has 0 atom stereocenters. The molecule has 0 aliphatic rings. The molecule has 0 fully saturated rings. The fourth-order valence-electron chi connectivity index (χ4n) is 1.79. The quantitative estimate of drug-likeness (QED) is 0.772. The molecule has 0 aromatic carbocycles.